The SMILES string of the molecule is Cc1cc(Cl)cc(C)c1OC(CN)C(F)(F)F. The zero-order valence-electron chi connectivity index (χ0n) is 9.44. The number of aryl methyl sites for hydroxylation is 2. The normalized spacial score (nSPS) is 13.6. The summed E-state index contributed by atoms with van der Waals surface area (Å²) < 4.78 is 42.5. The predicted octanol–water partition coefficient (Wildman–Crippen LogP) is 3.23. The number of alkyl halides is 3. The molecular formula is C11H13ClF3NO. The Morgan fingerprint density at radius 2 is 1.76 bits per heavy atom. The van der Waals surface area contributed by atoms with Crippen LogP contribution in [0.4, 0.5) is 13.2 Å². The van der Waals surface area contributed by atoms with Gasteiger partial charge < -0.3 is 10.5 Å². The summed E-state index contributed by atoms with van der Waals surface area (Å²) >= 11 is 5.78. The van der Waals surface area contributed by atoms with Gasteiger partial charge in [0.25, 0.3) is 0 Å². The smallest absolute Gasteiger partial charge is 0.426 e. The van der Waals surface area contributed by atoms with Crippen LogP contribution in [0, 0.1) is 13.8 Å². The van der Waals surface area contributed by atoms with Crippen molar-refractivity contribution < 1.29 is 17.9 Å². The van der Waals surface area contributed by atoms with Gasteiger partial charge in [-0.3, -0.25) is 0 Å². The second-order valence-corrected chi connectivity index (χ2v) is 4.19. The Labute approximate surface area is 103 Å². The molecule has 1 aromatic carbocycles. The molecule has 0 aliphatic heterocycles. The first-order chi connectivity index (χ1) is 7.75. The van der Waals surface area contributed by atoms with Crippen LogP contribution in [0.5, 0.6) is 5.75 Å². The summed E-state index contributed by atoms with van der Waals surface area (Å²) in [6.07, 6.45) is -6.48. The molecule has 1 atom stereocenters. The molecule has 0 bridgehead atoms. The number of ether oxygens (including phenoxy) is 1. The second kappa shape index (κ2) is 5.14. The van der Waals surface area contributed by atoms with Crippen LogP contribution in [-0.4, -0.2) is 18.8 Å². The van der Waals surface area contributed by atoms with Gasteiger partial charge in [0.1, 0.15) is 5.75 Å². The van der Waals surface area contributed by atoms with E-state index >= 15 is 0 Å². The summed E-state index contributed by atoms with van der Waals surface area (Å²) in [6, 6.07) is 3.10. The van der Waals surface area contributed by atoms with Gasteiger partial charge in [-0.2, -0.15) is 13.2 Å². The van der Waals surface area contributed by atoms with Crippen molar-refractivity contribution in [2.75, 3.05) is 6.54 Å². The number of hydrogen-bond acceptors (Lipinski definition) is 2. The Morgan fingerprint density at radius 1 is 1.29 bits per heavy atom. The molecule has 0 aliphatic rings. The molecule has 2 N–H and O–H groups in total. The van der Waals surface area contributed by atoms with Gasteiger partial charge >= 0.3 is 6.18 Å². The standard InChI is InChI=1S/C11H13ClF3NO/c1-6-3-8(12)4-7(2)10(6)17-9(5-16)11(13,14)15/h3-4,9H,5,16H2,1-2H3. The van der Waals surface area contributed by atoms with Gasteiger partial charge in [-0.05, 0) is 37.1 Å². The molecule has 0 fully saturated rings. The molecule has 0 saturated heterocycles. The van der Waals surface area contributed by atoms with Crippen molar-refractivity contribution in [3.8, 4) is 5.75 Å². The Hall–Kier alpha value is -0.940. The molecule has 2 nitrogen and oxygen atoms in total. The fourth-order valence-electron chi connectivity index (χ4n) is 1.47. The van der Waals surface area contributed by atoms with E-state index < -0.39 is 18.8 Å². The van der Waals surface area contributed by atoms with E-state index in [0.717, 1.165) is 0 Å². The summed E-state index contributed by atoms with van der Waals surface area (Å²) in [5.74, 6) is 0.183. The largest absolute Gasteiger partial charge is 0.479 e. The Morgan fingerprint density at radius 3 is 2.12 bits per heavy atom. The van der Waals surface area contributed by atoms with Crippen LogP contribution in [0.15, 0.2) is 12.1 Å². The zero-order chi connectivity index (χ0) is 13.2. The number of rotatable bonds is 3. The van der Waals surface area contributed by atoms with Crippen LogP contribution < -0.4 is 10.5 Å². The summed E-state index contributed by atoms with van der Waals surface area (Å²) in [7, 11) is 0. The van der Waals surface area contributed by atoms with E-state index in [0.29, 0.717) is 16.1 Å². The maximum Gasteiger partial charge on any atom is 0.426 e. The van der Waals surface area contributed by atoms with E-state index in [2.05, 4.69) is 0 Å². The Kier molecular flexibility index (Phi) is 4.27. The van der Waals surface area contributed by atoms with Crippen molar-refractivity contribution in [1.82, 2.24) is 0 Å². The van der Waals surface area contributed by atoms with Gasteiger partial charge in [0, 0.05) is 11.6 Å². The van der Waals surface area contributed by atoms with Crippen molar-refractivity contribution in [3.05, 3.63) is 28.3 Å². The molecule has 96 valence electrons. The maximum atomic E-state index is 12.5. The lowest BCUT2D eigenvalue weighted by Gasteiger charge is -2.22. The third kappa shape index (κ3) is 3.51. The Bertz CT molecular complexity index is 383. The molecule has 0 spiro atoms. The van der Waals surface area contributed by atoms with E-state index in [9.17, 15) is 13.2 Å². The minimum atomic E-state index is -4.48. The molecule has 0 saturated carbocycles. The average molecular weight is 268 g/mol. The lowest BCUT2D eigenvalue weighted by molar-refractivity contribution is -0.191. The molecule has 0 heterocycles. The van der Waals surface area contributed by atoms with Gasteiger partial charge in [-0.1, -0.05) is 11.6 Å². The minimum Gasteiger partial charge on any atom is -0.479 e. The first kappa shape index (κ1) is 14.1. The van der Waals surface area contributed by atoms with E-state index in [1.54, 1.807) is 26.0 Å². The Balaban J connectivity index is 3.02. The number of benzene rings is 1. The monoisotopic (exact) mass is 267 g/mol. The topological polar surface area (TPSA) is 35.2 Å². The number of nitrogens with two attached hydrogens (primary N) is 1. The van der Waals surface area contributed by atoms with Gasteiger partial charge in [0.15, 0.2) is 0 Å². The van der Waals surface area contributed by atoms with Crippen molar-refractivity contribution in [2.24, 2.45) is 5.73 Å². The molecular weight excluding hydrogens is 255 g/mol. The summed E-state index contributed by atoms with van der Waals surface area (Å²) in [4.78, 5) is 0. The van der Waals surface area contributed by atoms with Crippen molar-refractivity contribution in [2.45, 2.75) is 26.1 Å². The van der Waals surface area contributed by atoms with Gasteiger partial charge in [-0.15, -0.1) is 0 Å². The third-order valence-corrected chi connectivity index (χ3v) is 2.48. The molecule has 17 heavy (non-hydrogen) atoms. The molecule has 1 unspecified atom stereocenters. The highest BCUT2D eigenvalue weighted by Crippen LogP contribution is 2.31. The van der Waals surface area contributed by atoms with Gasteiger partial charge in [0.2, 0.25) is 6.10 Å². The van der Waals surface area contributed by atoms with E-state index in [1.165, 1.54) is 0 Å². The summed E-state index contributed by atoms with van der Waals surface area (Å²) in [6.45, 7) is 2.65. The van der Waals surface area contributed by atoms with Crippen molar-refractivity contribution in [1.29, 1.82) is 0 Å². The zero-order valence-corrected chi connectivity index (χ0v) is 10.2. The van der Waals surface area contributed by atoms with E-state index in [1.807, 2.05) is 0 Å². The second-order valence-electron chi connectivity index (χ2n) is 3.75. The predicted molar refractivity (Wildman–Crippen MR) is 60.5 cm³/mol. The van der Waals surface area contributed by atoms with Crippen LogP contribution in [0.25, 0.3) is 0 Å². The lowest BCUT2D eigenvalue weighted by atomic mass is 10.1. The van der Waals surface area contributed by atoms with Crippen molar-refractivity contribution in [3.63, 3.8) is 0 Å². The van der Waals surface area contributed by atoms with Crippen molar-refractivity contribution >= 4 is 11.6 Å². The molecule has 0 radical (unpaired) electrons. The van der Waals surface area contributed by atoms with Crippen LogP contribution in [0.1, 0.15) is 11.1 Å². The average Bonchev–Trinajstić information content (AvgIpc) is 2.14. The molecule has 0 aliphatic carbocycles. The number of hydrogen-bond donors (Lipinski definition) is 1. The fraction of sp³-hybridized carbons (Fsp3) is 0.455. The first-order valence-electron chi connectivity index (χ1n) is 4.96. The summed E-state index contributed by atoms with van der Waals surface area (Å²) in [5, 5.41) is 0.462. The maximum absolute atomic E-state index is 12.5. The van der Waals surface area contributed by atoms with Crippen LogP contribution in [0.2, 0.25) is 5.02 Å². The number of halogens is 4. The summed E-state index contributed by atoms with van der Waals surface area (Å²) in [5.41, 5.74) is 6.17. The molecule has 6 heteroatoms. The third-order valence-electron chi connectivity index (χ3n) is 2.26. The fourth-order valence-corrected chi connectivity index (χ4v) is 1.80. The van der Waals surface area contributed by atoms with Crippen LogP contribution in [0.3, 0.4) is 0 Å². The van der Waals surface area contributed by atoms with Gasteiger partial charge in [0.05, 0.1) is 0 Å². The highest BCUT2D eigenvalue weighted by molar-refractivity contribution is 6.30. The van der Waals surface area contributed by atoms with E-state index in [4.69, 9.17) is 22.1 Å². The highest BCUT2D eigenvalue weighted by atomic mass is 35.5. The molecule has 0 aromatic heterocycles. The highest BCUT2D eigenvalue weighted by Gasteiger charge is 2.41. The minimum absolute atomic E-state index is 0.183. The molecule has 1 aromatic rings. The van der Waals surface area contributed by atoms with Crippen LogP contribution in [-0.2, 0) is 0 Å². The van der Waals surface area contributed by atoms with E-state index in [-0.39, 0.29) is 5.75 Å². The molecule has 0 amide bonds. The molecule has 1 rings (SSSR count). The van der Waals surface area contributed by atoms with Crippen LogP contribution >= 0.6 is 11.6 Å². The first-order valence-corrected chi connectivity index (χ1v) is 5.33. The van der Waals surface area contributed by atoms with Gasteiger partial charge in [-0.25, -0.2) is 0 Å². The quantitative estimate of drug-likeness (QED) is 0.913. The lowest BCUT2D eigenvalue weighted by Crippen LogP contribution is -2.41.